The lowest BCUT2D eigenvalue weighted by Gasteiger charge is -2.18. The molecule has 2 N–H and O–H groups in total. The van der Waals surface area contributed by atoms with Crippen LogP contribution in [0.15, 0.2) is 17.0 Å². The highest BCUT2D eigenvalue weighted by Crippen LogP contribution is 2.43. The maximum absolute atomic E-state index is 12.7. The van der Waals surface area contributed by atoms with Gasteiger partial charge in [0.15, 0.2) is 0 Å². The Kier molecular flexibility index (Phi) is 4.14. The number of nitrogens with two attached hydrogens (primary N) is 1. The molecule has 1 aromatic carbocycles. The molecular weight excluding hydrogens is 415 g/mol. The normalized spacial score (nSPS) is 13.7. The predicted molar refractivity (Wildman–Crippen MR) is 60.5 cm³/mol. The van der Waals surface area contributed by atoms with E-state index in [1.54, 1.807) is 0 Å². The average Bonchev–Trinajstić information content (AvgIpc) is 2.11. The van der Waals surface area contributed by atoms with E-state index in [0.29, 0.717) is 6.07 Å². The molecule has 0 radical (unpaired) electrons. The van der Waals surface area contributed by atoms with Crippen LogP contribution in [0.2, 0.25) is 0 Å². The van der Waals surface area contributed by atoms with Crippen molar-refractivity contribution >= 4 is 32.6 Å². The van der Waals surface area contributed by atoms with Crippen LogP contribution in [0.5, 0.6) is 0 Å². The summed E-state index contributed by atoms with van der Waals surface area (Å²) >= 11 is 0.878. The lowest BCUT2D eigenvalue weighted by Crippen LogP contribution is -2.22. The van der Waals surface area contributed by atoms with Gasteiger partial charge in [-0.2, -0.15) is 26.3 Å². The van der Waals surface area contributed by atoms with Gasteiger partial charge in [0, 0.05) is 3.57 Å². The lowest BCUT2D eigenvalue weighted by atomic mass is 10.1. The number of primary sulfonamides is 1. The van der Waals surface area contributed by atoms with Gasteiger partial charge in [-0.05, 0) is 34.7 Å². The number of hydrogen-bond donors (Lipinski definition) is 1. The molecule has 0 aromatic heterocycles. The largest absolute Gasteiger partial charge is 0.418 e. The zero-order valence-electron chi connectivity index (χ0n) is 8.60. The van der Waals surface area contributed by atoms with E-state index < -0.39 is 42.0 Å². The van der Waals surface area contributed by atoms with Crippen LogP contribution in [0.3, 0.4) is 0 Å². The Hall–Kier alpha value is -0.560. The van der Waals surface area contributed by atoms with Crippen LogP contribution in [0.25, 0.3) is 0 Å². The Morgan fingerprint density at radius 2 is 1.47 bits per heavy atom. The summed E-state index contributed by atoms with van der Waals surface area (Å²) in [6.45, 7) is 0. The lowest BCUT2D eigenvalue weighted by molar-refractivity contribution is -0.162. The summed E-state index contributed by atoms with van der Waals surface area (Å²) in [5.74, 6) is 0. The van der Waals surface area contributed by atoms with Crippen LogP contribution in [0, 0.1) is 3.57 Å². The molecule has 0 aliphatic heterocycles. The fourth-order valence-corrected chi connectivity index (χ4v) is 3.60. The molecule has 0 bridgehead atoms. The highest BCUT2D eigenvalue weighted by Gasteiger charge is 2.45. The molecular formula is C8H4F6INO2S. The number of rotatable bonds is 1. The zero-order valence-corrected chi connectivity index (χ0v) is 11.6. The van der Waals surface area contributed by atoms with Gasteiger partial charge in [0.2, 0.25) is 10.0 Å². The van der Waals surface area contributed by atoms with Gasteiger partial charge >= 0.3 is 12.4 Å². The van der Waals surface area contributed by atoms with E-state index in [4.69, 9.17) is 0 Å². The number of hydrogen-bond acceptors (Lipinski definition) is 2. The van der Waals surface area contributed by atoms with Gasteiger partial charge in [-0.3, -0.25) is 0 Å². The first-order valence-corrected chi connectivity index (χ1v) is 6.88. The van der Waals surface area contributed by atoms with E-state index in [1.807, 2.05) is 0 Å². The third-order valence-corrected chi connectivity index (χ3v) is 4.44. The summed E-state index contributed by atoms with van der Waals surface area (Å²) < 4.78 is 96.4. The van der Waals surface area contributed by atoms with Gasteiger partial charge in [-0.1, -0.05) is 0 Å². The van der Waals surface area contributed by atoms with E-state index in [-0.39, 0.29) is 6.07 Å². The van der Waals surface area contributed by atoms with Crippen molar-refractivity contribution in [2.24, 2.45) is 5.14 Å². The highest BCUT2D eigenvalue weighted by atomic mass is 127. The maximum atomic E-state index is 12.7. The molecule has 0 aliphatic carbocycles. The molecule has 0 aliphatic rings. The van der Waals surface area contributed by atoms with Crippen LogP contribution in [-0.4, -0.2) is 8.42 Å². The molecule has 0 saturated heterocycles. The van der Waals surface area contributed by atoms with E-state index in [9.17, 15) is 34.8 Å². The molecule has 3 nitrogen and oxygen atoms in total. The molecule has 11 heteroatoms. The van der Waals surface area contributed by atoms with Gasteiger partial charge < -0.3 is 0 Å². The van der Waals surface area contributed by atoms with Crippen molar-refractivity contribution < 1.29 is 34.8 Å². The van der Waals surface area contributed by atoms with Crippen LogP contribution in [0.4, 0.5) is 26.3 Å². The molecule has 19 heavy (non-hydrogen) atoms. The van der Waals surface area contributed by atoms with E-state index in [0.717, 1.165) is 22.6 Å². The van der Waals surface area contributed by atoms with E-state index in [1.165, 1.54) is 0 Å². The summed E-state index contributed by atoms with van der Waals surface area (Å²) in [5, 5.41) is 4.65. The van der Waals surface area contributed by atoms with Gasteiger partial charge in [0.05, 0.1) is 16.0 Å². The Morgan fingerprint density at radius 1 is 1.00 bits per heavy atom. The van der Waals surface area contributed by atoms with Crippen molar-refractivity contribution in [2.45, 2.75) is 17.2 Å². The van der Waals surface area contributed by atoms with Gasteiger partial charge in [-0.15, -0.1) is 0 Å². The molecule has 0 unspecified atom stereocenters. The fraction of sp³-hybridized carbons (Fsp3) is 0.250. The first-order valence-electron chi connectivity index (χ1n) is 4.26. The van der Waals surface area contributed by atoms with Crippen molar-refractivity contribution in [3.05, 3.63) is 26.8 Å². The van der Waals surface area contributed by atoms with E-state index >= 15 is 0 Å². The minimum Gasteiger partial charge on any atom is -0.225 e. The summed E-state index contributed by atoms with van der Waals surface area (Å²) in [7, 11) is -4.55. The quantitative estimate of drug-likeness (QED) is 0.563. The van der Waals surface area contributed by atoms with Gasteiger partial charge in [0.1, 0.15) is 0 Å². The van der Waals surface area contributed by atoms with E-state index in [2.05, 4.69) is 5.14 Å². The van der Waals surface area contributed by atoms with Gasteiger partial charge in [-0.25, -0.2) is 13.6 Å². The molecule has 1 rings (SSSR count). The Bertz CT molecular complexity index is 607. The Balaban J connectivity index is 3.81. The van der Waals surface area contributed by atoms with Crippen LogP contribution >= 0.6 is 22.6 Å². The SMILES string of the molecule is NS(=O)(=O)c1ccc(C(F)(F)F)c(C(F)(F)F)c1I. The Morgan fingerprint density at radius 3 is 1.79 bits per heavy atom. The molecule has 0 saturated carbocycles. The van der Waals surface area contributed by atoms with Crippen molar-refractivity contribution in [1.29, 1.82) is 0 Å². The number of benzene rings is 1. The number of alkyl halides is 6. The molecule has 0 spiro atoms. The summed E-state index contributed by atoms with van der Waals surface area (Å²) in [6, 6.07) is 0.444. The molecule has 0 atom stereocenters. The summed E-state index contributed by atoms with van der Waals surface area (Å²) in [5.41, 5.74) is -4.02. The first-order chi connectivity index (χ1) is 8.26. The van der Waals surface area contributed by atoms with Crippen molar-refractivity contribution in [3.63, 3.8) is 0 Å². The third-order valence-electron chi connectivity index (χ3n) is 2.00. The van der Waals surface area contributed by atoms with Crippen LogP contribution in [-0.2, 0) is 22.4 Å². The molecule has 1 aromatic rings. The second-order valence-electron chi connectivity index (χ2n) is 3.34. The summed E-state index contributed by atoms with van der Waals surface area (Å²) in [4.78, 5) is -1.01. The van der Waals surface area contributed by atoms with Crippen molar-refractivity contribution in [3.8, 4) is 0 Å². The third kappa shape index (κ3) is 3.51. The summed E-state index contributed by atoms with van der Waals surface area (Å²) in [6.07, 6.45) is -10.6. The average molecular weight is 419 g/mol. The fourth-order valence-electron chi connectivity index (χ4n) is 1.29. The number of sulfonamides is 1. The van der Waals surface area contributed by atoms with Crippen LogP contribution in [0.1, 0.15) is 11.1 Å². The Labute approximate surface area is 117 Å². The highest BCUT2D eigenvalue weighted by molar-refractivity contribution is 14.1. The van der Waals surface area contributed by atoms with Crippen LogP contribution < -0.4 is 5.14 Å². The molecule has 0 fully saturated rings. The smallest absolute Gasteiger partial charge is 0.225 e. The minimum atomic E-state index is -5.36. The zero-order chi connectivity index (χ0) is 15.2. The predicted octanol–water partition coefficient (Wildman–Crippen LogP) is 2.98. The van der Waals surface area contributed by atoms with Gasteiger partial charge in [0.25, 0.3) is 0 Å². The number of halogens is 7. The molecule has 0 heterocycles. The molecule has 0 amide bonds. The monoisotopic (exact) mass is 419 g/mol. The second kappa shape index (κ2) is 4.77. The maximum Gasteiger partial charge on any atom is 0.418 e. The topological polar surface area (TPSA) is 60.2 Å². The van der Waals surface area contributed by atoms with Crippen molar-refractivity contribution in [2.75, 3.05) is 0 Å². The second-order valence-corrected chi connectivity index (χ2v) is 5.95. The first kappa shape index (κ1) is 16.5. The minimum absolute atomic E-state index is 0.0464. The van der Waals surface area contributed by atoms with Crippen molar-refractivity contribution in [1.82, 2.24) is 0 Å². The molecule has 108 valence electrons. The standard InChI is InChI=1S/C8H4F6INO2S/c9-7(10,11)3-1-2-4(19(16,17)18)6(15)5(3)8(12,13)14/h1-2H,(H2,16,17,18).